The normalized spacial score (nSPS) is 17.5. The van der Waals surface area contributed by atoms with E-state index in [0.717, 1.165) is 32.4 Å². The van der Waals surface area contributed by atoms with Gasteiger partial charge in [0.15, 0.2) is 0 Å². The average Bonchev–Trinajstić information content (AvgIpc) is 2.78. The highest BCUT2D eigenvalue weighted by Gasteiger charge is 2.22. The average molecular weight is 257 g/mol. The lowest BCUT2D eigenvalue weighted by atomic mass is 10.1. The first-order chi connectivity index (χ1) is 8.04. The fourth-order valence-electron chi connectivity index (χ4n) is 2.25. The summed E-state index contributed by atoms with van der Waals surface area (Å²) in [6.45, 7) is 4.40. The molecule has 0 bridgehead atoms. The first-order valence-corrected chi connectivity index (χ1v) is 6.71. The maximum absolute atomic E-state index is 12.0. The van der Waals surface area contributed by atoms with E-state index in [1.54, 1.807) is 0 Å². The molecule has 17 heavy (non-hydrogen) atoms. The second-order valence-electron chi connectivity index (χ2n) is 4.74. The zero-order chi connectivity index (χ0) is 12.8. The van der Waals surface area contributed by atoms with Crippen molar-refractivity contribution < 1.29 is 4.79 Å². The maximum Gasteiger partial charge on any atom is 0.236 e. The Balaban J connectivity index is 2.42. The number of thiocarbonyl (C=S) groups is 1. The maximum atomic E-state index is 12.0. The van der Waals surface area contributed by atoms with Crippen molar-refractivity contribution in [3.05, 3.63) is 0 Å². The quantitative estimate of drug-likeness (QED) is 0.721. The number of carbonyl (C=O) groups excluding carboxylic acids is 1. The second-order valence-corrected chi connectivity index (χ2v) is 5.26. The molecule has 5 heteroatoms. The molecular weight excluding hydrogens is 234 g/mol. The molecular formula is C12H23N3OS. The molecule has 0 radical (unpaired) electrons. The summed E-state index contributed by atoms with van der Waals surface area (Å²) < 4.78 is 0. The van der Waals surface area contributed by atoms with Gasteiger partial charge in [-0.05, 0) is 26.3 Å². The molecule has 0 aliphatic carbocycles. The number of likely N-dealkylation sites (N-methyl/N-ethyl adjacent to an activating group) is 1. The number of amides is 1. The molecule has 1 fully saturated rings. The third kappa shape index (κ3) is 4.60. The number of nitrogens with zero attached hydrogens (tertiary/aromatic N) is 2. The van der Waals surface area contributed by atoms with Gasteiger partial charge in [0, 0.05) is 25.6 Å². The van der Waals surface area contributed by atoms with Crippen LogP contribution in [0.25, 0.3) is 0 Å². The minimum absolute atomic E-state index is 0.228. The predicted octanol–water partition coefficient (Wildman–Crippen LogP) is 0.995. The summed E-state index contributed by atoms with van der Waals surface area (Å²) in [5.74, 6) is 0.228. The van der Waals surface area contributed by atoms with Gasteiger partial charge in [0.1, 0.15) is 0 Å². The van der Waals surface area contributed by atoms with Crippen LogP contribution < -0.4 is 5.73 Å². The van der Waals surface area contributed by atoms with Crippen molar-refractivity contribution in [2.24, 2.45) is 5.73 Å². The molecule has 1 aliphatic heterocycles. The van der Waals surface area contributed by atoms with Crippen LogP contribution in [0.2, 0.25) is 0 Å². The van der Waals surface area contributed by atoms with Crippen LogP contribution in [-0.2, 0) is 4.79 Å². The number of rotatable bonds is 6. The van der Waals surface area contributed by atoms with Crippen molar-refractivity contribution in [2.45, 2.75) is 38.6 Å². The van der Waals surface area contributed by atoms with Gasteiger partial charge in [-0.25, -0.2) is 0 Å². The van der Waals surface area contributed by atoms with Gasteiger partial charge in [-0.3, -0.25) is 9.69 Å². The number of hydrogen-bond donors (Lipinski definition) is 1. The van der Waals surface area contributed by atoms with Crippen LogP contribution in [0, 0.1) is 0 Å². The van der Waals surface area contributed by atoms with Crippen LogP contribution >= 0.6 is 12.2 Å². The molecule has 98 valence electrons. The SMILES string of the molecule is CCC(CC(N)=S)N(C)CC(=O)N1CCCC1. The largest absolute Gasteiger partial charge is 0.393 e. The van der Waals surface area contributed by atoms with Gasteiger partial charge in [0.25, 0.3) is 0 Å². The van der Waals surface area contributed by atoms with E-state index in [9.17, 15) is 4.79 Å². The third-order valence-corrected chi connectivity index (χ3v) is 3.54. The Kier molecular flexibility index (Phi) is 5.85. The number of likely N-dealkylation sites (tertiary alicyclic amines) is 1. The van der Waals surface area contributed by atoms with E-state index in [2.05, 4.69) is 11.8 Å². The molecule has 0 aromatic rings. The minimum Gasteiger partial charge on any atom is -0.393 e. The van der Waals surface area contributed by atoms with Crippen molar-refractivity contribution >= 4 is 23.1 Å². The topological polar surface area (TPSA) is 49.6 Å². The van der Waals surface area contributed by atoms with E-state index in [1.807, 2.05) is 11.9 Å². The van der Waals surface area contributed by atoms with Crippen LogP contribution in [0.15, 0.2) is 0 Å². The fraction of sp³-hybridized carbons (Fsp3) is 0.833. The van der Waals surface area contributed by atoms with Crippen LogP contribution in [0.4, 0.5) is 0 Å². The van der Waals surface area contributed by atoms with Crippen molar-refractivity contribution in [1.82, 2.24) is 9.80 Å². The summed E-state index contributed by atoms with van der Waals surface area (Å²) in [7, 11) is 1.97. The van der Waals surface area contributed by atoms with Gasteiger partial charge < -0.3 is 10.6 Å². The molecule has 1 rings (SSSR count). The smallest absolute Gasteiger partial charge is 0.236 e. The molecule has 1 unspecified atom stereocenters. The van der Waals surface area contributed by atoms with E-state index in [1.165, 1.54) is 0 Å². The highest BCUT2D eigenvalue weighted by atomic mass is 32.1. The third-order valence-electron chi connectivity index (χ3n) is 3.37. The lowest BCUT2D eigenvalue weighted by Gasteiger charge is -2.28. The first kappa shape index (κ1) is 14.4. The van der Waals surface area contributed by atoms with E-state index >= 15 is 0 Å². The minimum atomic E-state index is 0.228. The summed E-state index contributed by atoms with van der Waals surface area (Å²) in [6, 6.07) is 0.277. The summed E-state index contributed by atoms with van der Waals surface area (Å²) in [6.07, 6.45) is 3.93. The summed E-state index contributed by atoms with van der Waals surface area (Å²) in [4.78, 5) is 16.5. The monoisotopic (exact) mass is 257 g/mol. The lowest BCUT2D eigenvalue weighted by molar-refractivity contribution is -0.131. The standard InChI is InChI=1S/C12H23N3OS/c1-3-10(8-11(13)17)14(2)9-12(16)15-6-4-5-7-15/h10H,3-9H2,1-2H3,(H2,13,17). The number of carbonyl (C=O) groups is 1. The van der Waals surface area contributed by atoms with Gasteiger partial charge in [0.2, 0.25) is 5.91 Å². The summed E-state index contributed by atoms with van der Waals surface area (Å²) >= 11 is 4.93. The molecule has 1 amide bonds. The van der Waals surface area contributed by atoms with Crippen molar-refractivity contribution in [3.63, 3.8) is 0 Å². The van der Waals surface area contributed by atoms with E-state index < -0.39 is 0 Å². The van der Waals surface area contributed by atoms with Crippen LogP contribution in [0.5, 0.6) is 0 Å². The molecule has 2 N–H and O–H groups in total. The van der Waals surface area contributed by atoms with Crippen molar-refractivity contribution in [2.75, 3.05) is 26.7 Å². The van der Waals surface area contributed by atoms with Gasteiger partial charge in [-0.2, -0.15) is 0 Å². The highest BCUT2D eigenvalue weighted by molar-refractivity contribution is 7.80. The van der Waals surface area contributed by atoms with Crippen molar-refractivity contribution in [3.8, 4) is 0 Å². The van der Waals surface area contributed by atoms with Gasteiger partial charge >= 0.3 is 0 Å². The second kappa shape index (κ2) is 6.91. The zero-order valence-corrected chi connectivity index (χ0v) is 11.6. The zero-order valence-electron chi connectivity index (χ0n) is 10.8. The Morgan fingerprint density at radius 3 is 2.53 bits per heavy atom. The Morgan fingerprint density at radius 1 is 1.47 bits per heavy atom. The molecule has 4 nitrogen and oxygen atoms in total. The highest BCUT2D eigenvalue weighted by Crippen LogP contribution is 2.11. The molecule has 1 aliphatic rings. The van der Waals surface area contributed by atoms with E-state index in [-0.39, 0.29) is 11.9 Å². The van der Waals surface area contributed by atoms with Crippen LogP contribution in [0.3, 0.4) is 0 Å². The molecule has 1 atom stereocenters. The summed E-state index contributed by atoms with van der Waals surface area (Å²) in [5, 5.41) is 0. The molecule has 0 spiro atoms. The van der Waals surface area contributed by atoms with Crippen LogP contribution in [-0.4, -0.2) is 53.4 Å². The van der Waals surface area contributed by atoms with Gasteiger partial charge in [0.05, 0.1) is 11.5 Å². The molecule has 1 saturated heterocycles. The van der Waals surface area contributed by atoms with Crippen molar-refractivity contribution in [1.29, 1.82) is 0 Å². The Bertz CT molecular complexity index is 277. The van der Waals surface area contributed by atoms with E-state index in [0.29, 0.717) is 18.0 Å². The fourth-order valence-corrected chi connectivity index (χ4v) is 2.45. The van der Waals surface area contributed by atoms with E-state index in [4.69, 9.17) is 18.0 Å². The Morgan fingerprint density at radius 2 is 2.06 bits per heavy atom. The Hall–Kier alpha value is -0.680. The van der Waals surface area contributed by atoms with Crippen LogP contribution in [0.1, 0.15) is 32.6 Å². The predicted molar refractivity (Wildman–Crippen MR) is 73.9 cm³/mol. The number of hydrogen-bond acceptors (Lipinski definition) is 3. The summed E-state index contributed by atoms with van der Waals surface area (Å²) in [5.41, 5.74) is 5.57. The van der Waals surface area contributed by atoms with Gasteiger partial charge in [-0.15, -0.1) is 0 Å². The first-order valence-electron chi connectivity index (χ1n) is 6.31. The molecule has 1 heterocycles. The molecule has 0 aromatic heterocycles. The molecule has 0 saturated carbocycles. The molecule has 0 aromatic carbocycles. The number of nitrogens with two attached hydrogens (primary N) is 1. The van der Waals surface area contributed by atoms with Gasteiger partial charge in [-0.1, -0.05) is 19.1 Å². The lowest BCUT2D eigenvalue weighted by Crippen LogP contribution is -2.42. The Labute approximate surface area is 109 Å².